The van der Waals surface area contributed by atoms with Crippen LogP contribution in [0.1, 0.15) is 0 Å². The number of hydrogen-bond donors (Lipinski definition) is 1. The highest BCUT2D eigenvalue weighted by Gasteiger charge is 2.12. The van der Waals surface area contributed by atoms with Gasteiger partial charge in [0, 0.05) is 17.8 Å². The van der Waals surface area contributed by atoms with E-state index in [1.54, 1.807) is 0 Å². The van der Waals surface area contributed by atoms with Gasteiger partial charge in [0.1, 0.15) is 21.7 Å². The minimum absolute atomic E-state index is 0.0885. The van der Waals surface area contributed by atoms with Gasteiger partial charge in [0.25, 0.3) is 0 Å². The van der Waals surface area contributed by atoms with E-state index >= 15 is 0 Å². The van der Waals surface area contributed by atoms with Crippen LogP contribution in [0.3, 0.4) is 0 Å². The molecule has 0 saturated heterocycles. The molecule has 0 spiro atoms. The van der Waals surface area contributed by atoms with Crippen molar-refractivity contribution in [3.8, 4) is 17.0 Å². The number of pyridine rings is 2. The second-order valence-corrected chi connectivity index (χ2v) is 4.66. The lowest BCUT2D eigenvalue weighted by molar-refractivity contribution is 0.475. The van der Waals surface area contributed by atoms with Crippen LogP contribution in [0.4, 0.5) is 0 Å². The van der Waals surface area contributed by atoms with Crippen LogP contribution in [0.2, 0.25) is 20.4 Å². The monoisotopic (exact) mass is 308 g/mol. The molecule has 3 nitrogen and oxygen atoms in total. The Morgan fingerprint density at radius 2 is 1.59 bits per heavy atom. The Labute approximate surface area is 117 Å². The quantitative estimate of drug-likeness (QED) is 0.791. The lowest BCUT2D eigenvalue weighted by Crippen LogP contribution is -1.88. The predicted octanol–water partition coefficient (Wildman–Crippen LogP) is 4.46. The van der Waals surface area contributed by atoms with Gasteiger partial charge in [-0.1, -0.05) is 46.4 Å². The van der Waals surface area contributed by atoms with E-state index in [-0.39, 0.29) is 31.8 Å². The van der Waals surface area contributed by atoms with Crippen LogP contribution in [-0.2, 0) is 0 Å². The molecule has 2 aromatic heterocycles. The van der Waals surface area contributed by atoms with Crippen molar-refractivity contribution in [2.75, 3.05) is 0 Å². The molecule has 88 valence electrons. The standard InChI is InChI=1S/C10H4Cl4N2O/c11-5-1-4(3-15-9(5)13)8-7(17)2-6(12)10(14)16-8/h1-3,17H. The highest BCUT2D eigenvalue weighted by Crippen LogP contribution is 2.34. The van der Waals surface area contributed by atoms with Gasteiger partial charge >= 0.3 is 0 Å². The summed E-state index contributed by atoms with van der Waals surface area (Å²) in [4.78, 5) is 7.81. The molecular weight excluding hydrogens is 306 g/mol. The number of halogens is 4. The average Bonchev–Trinajstić information content (AvgIpc) is 2.27. The van der Waals surface area contributed by atoms with Crippen molar-refractivity contribution < 1.29 is 5.11 Å². The molecule has 0 aliphatic heterocycles. The van der Waals surface area contributed by atoms with E-state index in [0.29, 0.717) is 5.56 Å². The van der Waals surface area contributed by atoms with Crippen molar-refractivity contribution in [1.82, 2.24) is 9.97 Å². The number of aromatic hydroxyl groups is 1. The molecule has 0 fully saturated rings. The van der Waals surface area contributed by atoms with Crippen LogP contribution in [0.25, 0.3) is 11.3 Å². The summed E-state index contributed by atoms with van der Waals surface area (Å²) in [5.74, 6) is -0.111. The van der Waals surface area contributed by atoms with Gasteiger partial charge in [0.15, 0.2) is 0 Å². The zero-order valence-corrected chi connectivity index (χ0v) is 11.1. The van der Waals surface area contributed by atoms with Crippen LogP contribution in [0.5, 0.6) is 5.75 Å². The van der Waals surface area contributed by atoms with Gasteiger partial charge in [-0.3, -0.25) is 0 Å². The molecule has 0 aliphatic rings. The third-order valence-electron chi connectivity index (χ3n) is 1.98. The number of hydrogen-bond acceptors (Lipinski definition) is 3. The van der Waals surface area contributed by atoms with Gasteiger partial charge in [-0.2, -0.15) is 0 Å². The fraction of sp³-hybridized carbons (Fsp3) is 0. The van der Waals surface area contributed by atoms with E-state index in [1.807, 2.05) is 0 Å². The number of nitrogens with zero attached hydrogens (tertiary/aromatic N) is 2. The minimum Gasteiger partial charge on any atom is -0.506 e. The molecule has 0 radical (unpaired) electrons. The van der Waals surface area contributed by atoms with Gasteiger partial charge in [-0.05, 0) is 6.07 Å². The normalized spacial score (nSPS) is 10.6. The molecule has 0 bridgehead atoms. The summed E-state index contributed by atoms with van der Waals surface area (Å²) in [7, 11) is 0. The van der Waals surface area contributed by atoms with Crippen LogP contribution in [-0.4, -0.2) is 15.1 Å². The van der Waals surface area contributed by atoms with E-state index < -0.39 is 0 Å². The maximum absolute atomic E-state index is 9.72. The highest BCUT2D eigenvalue weighted by atomic mass is 35.5. The Balaban J connectivity index is 2.60. The van der Waals surface area contributed by atoms with Crippen molar-refractivity contribution >= 4 is 46.4 Å². The molecule has 2 heterocycles. The van der Waals surface area contributed by atoms with Gasteiger partial charge in [-0.15, -0.1) is 0 Å². The number of aromatic nitrogens is 2. The van der Waals surface area contributed by atoms with Crippen LogP contribution < -0.4 is 0 Å². The van der Waals surface area contributed by atoms with Crippen LogP contribution in [0.15, 0.2) is 18.3 Å². The molecule has 2 aromatic rings. The van der Waals surface area contributed by atoms with Crippen molar-refractivity contribution in [1.29, 1.82) is 0 Å². The number of rotatable bonds is 1. The first-order valence-electron chi connectivity index (χ1n) is 4.35. The Morgan fingerprint density at radius 3 is 2.24 bits per heavy atom. The van der Waals surface area contributed by atoms with Crippen LogP contribution in [0, 0.1) is 0 Å². The van der Waals surface area contributed by atoms with Gasteiger partial charge < -0.3 is 5.11 Å². The average molecular weight is 310 g/mol. The molecule has 0 atom stereocenters. The Morgan fingerprint density at radius 1 is 0.941 bits per heavy atom. The van der Waals surface area contributed by atoms with Crippen LogP contribution >= 0.6 is 46.4 Å². The van der Waals surface area contributed by atoms with E-state index in [2.05, 4.69) is 9.97 Å². The molecule has 0 aliphatic carbocycles. The second-order valence-electron chi connectivity index (χ2n) is 3.13. The molecule has 0 saturated carbocycles. The molecule has 0 aromatic carbocycles. The van der Waals surface area contributed by atoms with E-state index in [4.69, 9.17) is 46.4 Å². The summed E-state index contributed by atoms with van der Waals surface area (Å²) in [5, 5.41) is 10.4. The maximum atomic E-state index is 9.72. The van der Waals surface area contributed by atoms with Gasteiger partial charge in [0.05, 0.1) is 10.0 Å². The summed E-state index contributed by atoms with van der Waals surface area (Å²) >= 11 is 23.0. The first kappa shape index (κ1) is 12.7. The molecule has 2 rings (SSSR count). The summed E-state index contributed by atoms with van der Waals surface area (Å²) < 4.78 is 0. The smallest absolute Gasteiger partial charge is 0.148 e. The summed E-state index contributed by atoms with van der Waals surface area (Å²) in [6.45, 7) is 0. The lowest BCUT2D eigenvalue weighted by atomic mass is 10.2. The van der Waals surface area contributed by atoms with Crippen molar-refractivity contribution in [2.24, 2.45) is 0 Å². The molecule has 1 N–H and O–H groups in total. The predicted molar refractivity (Wildman–Crippen MR) is 69.2 cm³/mol. The van der Waals surface area contributed by atoms with E-state index in [1.165, 1.54) is 18.3 Å². The summed E-state index contributed by atoms with van der Waals surface area (Å²) in [6, 6.07) is 2.83. The van der Waals surface area contributed by atoms with Gasteiger partial charge in [-0.25, -0.2) is 9.97 Å². The highest BCUT2D eigenvalue weighted by molar-refractivity contribution is 6.42. The Hall–Kier alpha value is -0.740. The summed E-state index contributed by atoms with van der Waals surface area (Å²) in [6.07, 6.45) is 1.43. The topological polar surface area (TPSA) is 46.0 Å². The fourth-order valence-electron chi connectivity index (χ4n) is 1.22. The zero-order valence-electron chi connectivity index (χ0n) is 8.09. The maximum Gasteiger partial charge on any atom is 0.148 e. The van der Waals surface area contributed by atoms with Crippen molar-refractivity contribution in [2.45, 2.75) is 0 Å². The molecular formula is C10H4Cl4N2O. The second kappa shape index (κ2) is 4.86. The lowest BCUT2D eigenvalue weighted by Gasteiger charge is -2.06. The van der Waals surface area contributed by atoms with E-state index in [9.17, 15) is 5.11 Å². The molecule has 7 heteroatoms. The zero-order chi connectivity index (χ0) is 12.6. The molecule has 17 heavy (non-hydrogen) atoms. The molecule has 0 amide bonds. The molecule has 0 unspecified atom stereocenters. The first-order chi connectivity index (χ1) is 7.99. The fourth-order valence-corrected chi connectivity index (χ4v) is 1.77. The summed E-state index contributed by atoms with van der Waals surface area (Å²) in [5.41, 5.74) is 0.737. The van der Waals surface area contributed by atoms with Crippen molar-refractivity contribution in [3.63, 3.8) is 0 Å². The minimum atomic E-state index is -0.111. The third kappa shape index (κ3) is 2.58. The van der Waals surface area contributed by atoms with Gasteiger partial charge in [0.2, 0.25) is 0 Å². The Kier molecular flexibility index (Phi) is 3.64. The largest absolute Gasteiger partial charge is 0.506 e. The first-order valence-corrected chi connectivity index (χ1v) is 5.86. The third-order valence-corrected chi connectivity index (χ3v) is 3.34. The Bertz CT molecular complexity index is 589. The van der Waals surface area contributed by atoms with E-state index in [0.717, 1.165) is 0 Å². The SMILES string of the molecule is Oc1cc(Cl)c(Cl)nc1-c1cnc(Cl)c(Cl)c1. The van der Waals surface area contributed by atoms with Crippen molar-refractivity contribution in [3.05, 3.63) is 38.7 Å².